The van der Waals surface area contributed by atoms with Gasteiger partial charge in [-0.2, -0.15) is 5.10 Å². The van der Waals surface area contributed by atoms with E-state index >= 15 is 0 Å². The number of hydrogen-bond acceptors (Lipinski definition) is 4. The molecule has 3 aromatic rings. The van der Waals surface area contributed by atoms with E-state index in [-0.39, 0.29) is 24.2 Å². The second-order valence-electron chi connectivity index (χ2n) is 6.30. The Morgan fingerprint density at radius 2 is 1.67 bits per heavy atom. The van der Waals surface area contributed by atoms with Crippen LogP contribution in [0.25, 0.3) is 11.3 Å². The maximum atomic E-state index is 12.6. The molecular weight excluding hydrogens is 342 g/mol. The van der Waals surface area contributed by atoms with Gasteiger partial charge in [0.05, 0.1) is 5.69 Å². The molecule has 0 aliphatic heterocycles. The van der Waals surface area contributed by atoms with Crippen molar-refractivity contribution in [3.63, 3.8) is 0 Å². The normalized spacial score (nSPS) is 10.6. The Morgan fingerprint density at radius 3 is 2.30 bits per heavy atom. The lowest BCUT2D eigenvalue weighted by Crippen LogP contribution is -2.39. The van der Waals surface area contributed by atoms with Gasteiger partial charge in [-0.1, -0.05) is 48.5 Å². The van der Waals surface area contributed by atoms with Crippen LogP contribution in [0.4, 0.5) is 5.69 Å². The summed E-state index contributed by atoms with van der Waals surface area (Å²) in [5.74, 6) is -0.901. The van der Waals surface area contributed by atoms with E-state index in [0.29, 0.717) is 5.69 Å². The van der Waals surface area contributed by atoms with E-state index in [0.717, 1.165) is 11.3 Å². The number of ether oxygens (including phenoxy) is 1. The SMILES string of the molecule is CC(C)N(C(=O)COC(=O)c1cc(-c2ccccc2)n[nH]1)c1ccccc1. The van der Waals surface area contributed by atoms with Gasteiger partial charge in [0.2, 0.25) is 0 Å². The molecule has 6 nitrogen and oxygen atoms in total. The van der Waals surface area contributed by atoms with Crippen LogP contribution in [0.5, 0.6) is 0 Å². The quantitative estimate of drug-likeness (QED) is 0.678. The van der Waals surface area contributed by atoms with E-state index in [1.165, 1.54) is 0 Å². The van der Waals surface area contributed by atoms with E-state index < -0.39 is 5.97 Å². The van der Waals surface area contributed by atoms with Crippen LogP contribution in [0, 0.1) is 0 Å². The Morgan fingerprint density at radius 1 is 1.04 bits per heavy atom. The zero-order valence-corrected chi connectivity index (χ0v) is 15.3. The zero-order chi connectivity index (χ0) is 19.2. The van der Waals surface area contributed by atoms with Gasteiger partial charge >= 0.3 is 5.97 Å². The first-order chi connectivity index (χ1) is 13.1. The minimum absolute atomic E-state index is 0.0598. The standard InChI is InChI=1S/C21H21N3O3/c1-15(2)24(17-11-7-4-8-12-17)20(25)14-27-21(26)19-13-18(22-23-19)16-9-5-3-6-10-16/h3-13,15H,14H2,1-2H3,(H,22,23). The topological polar surface area (TPSA) is 75.3 Å². The van der Waals surface area contributed by atoms with Crippen molar-refractivity contribution in [3.8, 4) is 11.3 Å². The maximum absolute atomic E-state index is 12.6. The van der Waals surface area contributed by atoms with E-state index in [9.17, 15) is 9.59 Å². The minimum atomic E-state index is -0.616. The lowest BCUT2D eigenvalue weighted by Gasteiger charge is -2.26. The number of anilines is 1. The van der Waals surface area contributed by atoms with Gasteiger partial charge in [0, 0.05) is 17.3 Å². The molecule has 0 radical (unpaired) electrons. The molecule has 1 heterocycles. The Kier molecular flexibility index (Phi) is 5.66. The van der Waals surface area contributed by atoms with Crippen LogP contribution in [-0.2, 0) is 9.53 Å². The average Bonchev–Trinajstić information content (AvgIpc) is 3.18. The van der Waals surface area contributed by atoms with Crippen molar-refractivity contribution in [2.75, 3.05) is 11.5 Å². The molecule has 0 unspecified atom stereocenters. The van der Waals surface area contributed by atoms with Crippen LogP contribution in [-0.4, -0.2) is 34.7 Å². The van der Waals surface area contributed by atoms with E-state index in [4.69, 9.17) is 4.74 Å². The van der Waals surface area contributed by atoms with Crippen LogP contribution >= 0.6 is 0 Å². The largest absolute Gasteiger partial charge is 0.451 e. The van der Waals surface area contributed by atoms with Crippen molar-refractivity contribution in [2.45, 2.75) is 19.9 Å². The van der Waals surface area contributed by atoms with Crippen LogP contribution in [0.3, 0.4) is 0 Å². The molecule has 2 aromatic carbocycles. The van der Waals surface area contributed by atoms with Crippen molar-refractivity contribution in [3.05, 3.63) is 72.4 Å². The fourth-order valence-electron chi connectivity index (χ4n) is 2.78. The van der Waals surface area contributed by atoms with Crippen molar-refractivity contribution >= 4 is 17.6 Å². The first-order valence-corrected chi connectivity index (χ1v) is 8.71. The minimum Gasteiger partial charge on any atom is -0.451 e. The first kappa shape index (κ1) is 18.4. The van der Waals surface area contributed by atoms with Crippen molar-refractivity contribution < 1.29 is 14.3 Å². The molecule has 3 rings (SSSR count). The molecule has 1 aromatic heterocycles. The number of H-pyrrole nitrogens is 1. The summed E-state index contributed by atoms with van der Waals surface area (Å²) in [7, 11) is 0. The third kappa shape index (κ3) is 4.41. The highest BCUT2D eigenvalue weighted by molar-refractivity contribution is 5.97. The predicted octanol–water partition coefficient (Wildman–Crippen LogP) is 3.68. The Hall–Kier alpha value is -3.41. The number of aromatic amines is 1. The molecule has 27 heavy (non-hydrogen) atoms. The number of carbonyl (C=O) groups is 2. The van der Waals surface area contributed by atoms with Gasteiger partial charge in [-0.25, -0.2) is 4.79 Å². The summed E-state index contributed by atoms with van der Waals surface area (Å²) in [6.07, 6.45) is 0. The summed E-state index contributed by atoms with van der Waals surface area (Å²) in [5.41, 5.74) is 2.50. The van der Waals surface area contributed by atoms with Gasteiger partial charge < -0.3 is 9.64 Å². The zero-order valence-electron chi connectivity index (χ0n) is 15.3. The lowest BCUT2D eigenvalue weighted by atomic mass is 10.1. The molecule has 0 spiro atoms. The average molecular weight is 363 g/mol. The number of rotatable bonds is 6. The van der Waals surface area contributed by atoms with Crippen LogP contribution in [0.1, 0.15) is 24.3 Å². The number of hydrogen-bond donors (Lipinski definition) is 1. The number of para-hydroxylation sites is 1. The monoisotopic (exact) mass is 363 g/mol. The number of amides is 1. The third-order valence-corrected chi connectivity index (χ3v) is 4.01. The number of nitrogens with zero attached hydrogens (tertiary/aromatic N) is 2. The second-order valence-corrected chi connectivity index (χ2v) is 6.30. The molecule has 0 aliphatic carbocycles. The summed E-state index contributed by atoms with van der Waals surface area (Å²) in [6.45, 7) is 3.48. The maximum Gasteiger partial charge on any atom is 0.356 e. The summed E-state index contributed by atoms with van der Waals surface area (Å²) < 4.78 is 5.19. The molecule has 0 bridgehead atoms. The third-order valence-electron chi connectivity index (χ3n) is 4.01. The van der Waals surface area contributed by atoms with E-state index in [2.05, 4.69) is 10.2 Å². The fraction of sp³-hybridized carbons (Fsp3) is 0.190. The first-order valence-electron chi connectivity index (χ1n) is 8.71. The molecule has 6 heteroatoms. The number of aromatic nitrogens is 2. The van der Waals surface area contributed by atoms with E-state index in [1.54, 1.807) is 11.0 Å². The van der Waals surface area contributed by atoms with Gasteiger partial charge in [0.15, 0.2) is 6.61 Å². The van der Waals surface area contributed by atoms with Gasteiger partial charge in [0.25, 0.3) is 5.91 Å². The second kappa shape index (κ2) is 8.31. The summed E-state index contributed by atoms with van der Waals surface area (Å²) in [5, 5.41) is 6.79. The summed E-state index contributed by atoms with van der Waals surface area (Å²) in [4.78, 5) is 26.4. The smallest absolute Gasteiger partial charge is 0.356 e. The van der Waals surface area contributed by atoms with Gasteiger partial charge in [0.1, 0.15) is 5.69 Å². The lowest BCUT2D eigenvalue weighted by molar-refractivity contribution is -0.122. The molecule has 0 fully saturated rings. The molecule has 0 saturated heterocycles. The molecule has 0 aliphatic rings. The van der Waals surface area contributed by atoms with Crippen molar-refractivity contribution in [1.82, 2.24) is 10.2 Å². The van der Waals surface area contributed by atoms with E-state index in [1.807, 2.05) is 74.5 Å². The van der Waals surface area contributed by atoms with Crippen molar-refractivity contribution in [2.24, 2.45) is 0 Å². The number of benzene rings is 2. The highest BCUT2D eigenvalue weighted by Crippen LogP contribution is 2.18. The highest BCUT2D eigenvalue weighted by Gasteiger charge is 2.21. The summed E-state index contributed by atoms with van der Waals surface area (Å²) in [6, 6.07) is 20.3. The Labute approximate surface area is 157 Å². The molecule has 0 atom stereocenters. The van der Waals surface area contributed by atoms with Crippen LogP contribution in [0.2, 0.25) is 0 Å². The number of esters is 1. The number of carbonyl (C=O) groups excluding carboxylic acids is 2. The molecule has 1 N–H and O–H groups in total. The van der Waals surface area contributed by atoms with Gasteiger partial charge in [-0.3, -0.25) is 9.89 Å². The van der Waals surface area contributed by atoms with Crippen LogP contribution < -0.4 is 4.90 Å². The van der Waals surface area contributed by atoms with Gasteiger partial charge in [-0.05, 0) is 32.0 Å². The fourth-order valence-corrected chi connectivity index (χ4v) is 2.78. The summed E-state index contributed by atoms with van der Waals surface area (Å²) >= 11 is 0. The number of nitrogens with one attached hydrogen (secondary N) is 1. The Balaban J connectivity index is 1.65. The molecule has 138 valence electrons. The van der Waals surface area contributed by atoms with Crippen LogP contribution in [0.15, 0.2) is 66.7 Å². The molecule has 1 amide bonds. The van der Waals surface area contributed by atoms with Crippen molar-refractivity contribution in [1.29, 1.82) is 0 Å². The van der Waals surface area contributed by atoms with Gasteiger partial charge in [-0.15, -0.1) is 0 Å². The molecular formula is C21H21N3O3. The molecule has 0 saturated carbocycles. The Bertz CT molecular complexity index is 905. The highest BCUT2D eigenvalue weighted by atomic mass is 16.5. The predicted molar refractivity (Wildman–Crippen MR) is 103 cm³/mol.